The molecule has 1 unspecified atom stereocenters. The normalized spacial score (nSPS) is 15.6. The Morgan fingerprint density at radius 1 is 1.28 bits per heavy atom. The molecule has 0 aliphatic heterocycles. The number of carbonyl (C=O) groups is 2. The molecule has 2 amide bonds. The topological polar surface area (TPSA) is 87.7 Å². The predicted octanol–water partition coefficient (Wildman–Crippen LogP) is 1.87. The van der Waals surface area contributed by atoms with Gasteiger partial charge in [-0.15, -0.1) is 0 Å². The van der Waals surface area contributed by atoms with Crippen molar-refractivity contribution in [2.45, 2.75) is 45.1 Å². The molecule has 25 heavy (non-hydrogen) atoms. The van der Waals surface area contributed by atoms with Crippen LogP contribution in [0.4, 0.5) is 0 Å². The summed E-state index contributed by atoms with van der Waals surface area (Å²) < 4.78 is 5.65. The van der Waals surface area contributed by atoms with Gasteiger partial charge in [0.15, 0.2) is 0 Å². The van der Waals surface area contributed by atoms with Crippen molar-refractivity contribution < 1.29 is 19.4 Å². The first-order chi connectivity index (χ1) is 12.1. The van der Waals surface area contributed by atoms with Gasteiger partial charge < -0.3 is 20.5 Å². The summed E-state index contributed by atoms with van der Waals surface area (Å²) in [5.41, 5.74) is 0.493. The molecule has 2 rings (SSSR count). The molecule has 0 aromatic heterocycles. The van der Waals surface area contributed by atoms with E-state index in [1.54, 1.807) is 31.2 Å². The van der Waals surface area contributed by atoms with Crippen LogP contribution in [0, 0.1) is 5.92 Å². The molecular weight excluding hydrogens is 320 g/mol. The maximum atomic E-state index is 12.0. The lowest BCUT2D eigenvalue weighted by Gasteiger charge is -2.11. The van der Waals surface area contributed by atoms with Gasteiger partial charge in [-0.1, -0.05) is 18.9 Å². The number of carbonyl (C=O) groups excluding carboxylic acids is 2. The summed E-state index contributed by atoms with van der Waals surface area (Å²) in [4.78, 5) is 23.8. The zero-order valence-electron chi connectivity index (χ0n) is 14.8. The molecule has 1 aliphatic rings. The van der Waals surface area contributed by atoms with Gasteiger partial charge in [-0.05, 0) is 44.4 Å². The van der Waals surface area contributed by atoms with E-state index in [-0.39, 0.29) is 24.3 Å². The summed E-state index contributed by atoms with van der Waals surface area (Å²) in [5.74, 6) is 0.731. The van der Waals surface area contributed by atoms with Crippen LogP contribution < -0.4 is 15.4 Å². The van der Waals surface area contributed by atoms with Gasteiger partial charge in [-0.2, -0.15) is 0 Å². The third kappa shape index (κ3) is 6.74. The van der Waals surface area contributed by atoms with Crippen LogP contribution in [0.25, 0.3) is 0 Å². The van der Waals surface area contributed by atoms with Crippen LogP contribution in [0.2, 0.25) is 0 Å². The highest BCUT2D eigenvalue weighted by molar-refractivity contribution is 5.94. The number of amides is 2. The lowest BCUT2D eigenvalue weighted by atomic mass is 10.1. The summed E-state index contributed by atoms with van der Waals surface area (Å²) >= 11 is 0. The summed E-state index contributed by atoms with van der Waals surface area (Å²) in [6.45, 7) is 2.91. The van der Waals surface area contributed by atoms with Crippen molar-refractivity contribution in [1.29, 1.82) is 0 Å². The smallest absolute Gasteiger partial charge is 0.251 e. The number of ether oxygens (including phenoxy) is 1. The van der Waals surface area contributed by atoms with Gasteiger partial charge in [0, 0.05) is 24.6 Å². The average Bonchev–Trinajstić information content (AvgIpc) is 3.14. The standard InChI is InChI=1S/C19H28N2O4/c1-14(22)13-21-19(24)16-8-4-9-17(12-16)25-11-5-10-20-18(23)15-6-2-3-7-15/h4,8-9,12,14-15,22H,2-3,5-7,10-11,13H2,1H3,(H,20,23)(H,21,24). The number of hydrogen-bond donors (Lipinski definition) is 3. The van der Waals surface area contributed by atoms with Crippen molar-refractivity contribution in [2.24, 2.45) is 5.92 Å². The molecule has 1 fully saturated rings. The maximum absolute atomic E-state index is 12.0. The lowest BCUT2D eigenvalue weighted by Crippen LogP contribution is -2.30. The molecular formula is C19H28N2O4. The highest BCUT2D eigenvalue weighted by Crippen LogP contribution is 2.24. The Morgan fingerprint density at radius 2 is 2.04 bits per heavy atom. The van der Waals surface area contributed by atoms with Crippen LogP contribution in [-0.2, 0) is 4.79 Å². The summed E-state index contributed by atoms with van der Waals surface area (Å²) in [5, 5.41) is 14.8. The van der Waals surface area contributed by atoms with Gasteiger partial charge in [-0.25, -0.2) is 0 Å². The third-order valence-corrected chi connectivity index (χ3v) is 4.27. The molecule has 0 spiro atoms. The minimum Gasteiger partial charge on any atom is -0.494 e. The Kier molecular flexibility index (Phi) is 7.73. The Balaban J connectivity index is 1.67. The van der Waals surface area contributed by atoms with E-state index in [4.69, 9.17) is 4.74 Å². The van der Waals surface area contributed by atoms with E-state index < -0.39 is 6.10 Å². The average molecular weight is 348 g/mol. The molecule has 1 aromatic rings. The maximum Gasteiger partial charge on any atom is 0.251 e. The molecule has 0 heterocycles. The zero-order valence-corrected chi connectivity index (χ0v) is 14.8. The fourth-order valence-electron chi connectivity index (χ4n) is 2.88. The minimum atomic E-state index is -0.581. The first kappa shape index (κ1) is 19.2. The Hall–Kier alpha value is -2.08. The predicted molar refractivity (Wildman–Crippen MR) is 95.5 cm³/mol. The lowest BCUT2D eigenvalue weighted by molar-refractivity contribution is -0.124. The number of rotatable bonds is 9. The molecule has 1 aromatic carbocycles. The van der Waals surface area contributed by atoms with Gasteiger partial charge >= 0.3 is 0 Å². The second-order valence-electron chi connectivity index (χ2n) is 6.56. The second-order valence-corrected chi connectivity index (χ2v) is 6.56. The zero-order chi connectivity index (χ0) is 18.1. The Labute approximate surface area is 149 Å². The van der Waals surface area contributed by atoms with Crippen LogP contribution in [0.1, 0.15) is 49.4 Å². The molecule has 1 atom stereocenters. The van der Waals surface area contributed by atoms with Crippen molar-refractivity contribution in [3.05, 3.63) is 29.8 Å². The largest absolute Gasteiger partial charge is 0.494 e. The van der Waals surface area contributed by atoms with E-state index in [9.17, 15) is 14.7 Å². The van der Waals surface area contributed by atoms with Crippen molar-refractivity contribution in [2.75, 3.05) is 19.7 Å². The molecule has 3 N–H and O–H groups in total. The summed E-state index contributed by atoms with van der Waals surface area (Å²) in [6.07, 6.45) is 4.46. The summed E-state index contributed by atoms with van der Waals surface area (Å²) in [6, 6.07) is 6.93. The van der Waals surface area contributed by atoms with Gasteiger partial charge in [0.1, 0.15) is 5.75 Å². The van der Waals surface area contributed by atoms with Crippen molar-refractivity contribution in [3.8, 4) is 5.75 Å². The van der Waals surface area contributed by atoms with Crippen LogP contribution >= 0.6 is 0 Å². The fraction of sp³-hybridized carbons (Fsp3) is 0.579. The van der Waals surface area contributed by atoms with E-state index in [1.807, 2.05) is 0 Å². The number of hydrogen-bond acceptors (Lipinski definition) is 4. The van der Waals surface area contributed by atoms with Crippen molar-refractivity contribution >= 4 is 11.8 Å². The minimum absolute atomic E-state index is 0.161. The van der Waals surface area contributed by atoms with Crippen LogP contribution in [0.5, 0.6) is 5.75 Å². The van der Waals surface area contributed by atoms with Gasteiger partial charge in [0.2, 0.25) is 5.91 Å². The molecule has 6 nitrogen and oxygen atoms in total. The number of nitrogens with one attached hydrogen (secondary N) is 2. The molecule has 0 radical (unpaired) electrons. The first-order valence-corrected chi connectivity index (χ1v) is 9.03. The first-order valence-electron chi connectivity index (χ1n) is 9.03. The number of aliphatic hydroxyl groups excluding tert-OH is 1. The van der Waals surface area contributed by atoms with E-state index in [1.165, 1.54) is 0 Å². The third-order valence-electron chi connectivity index (χ3n) is 4.27. The Bertz CT molecular complexity index is 568. The van der Waals surface area contributed by atoms with E-state index in [2.05, 4.69) is 10.6 Å². The molecule has 1 aliphatic carbocycles. The van der Waals surface area contributed by atoms with Crippen LogP contribution in [0.15, 0.2) is 24.3 Å². The molecule has 0 saturated heterocycles. The highest BCUT2D eigenvalue weighted by atomic mass is 16.5. The second kappa shape index (κ2) is 10.0. The van der Waals surface area contributed by atoms with Gasteiger partial charge in [-0.3, -0.25) is 9.59 Å². The van der Waals surface area contributed by atoms with E-state index >= 15 is 0 Å². The van der Waals surface area contributed by atoms with Gasteiger partial charge in [0.25, 0.3) is 5.91 Å². The van der Waals surface area contributed by atoms with Crippen LogP contribution in [-0.4, -0.2) is 42.7 Å². The monoisotopic (exact) mass is 348 g/mol. The molecule has 138 valence electrons. The molecule has 1 saturated carbocycles. The Morgan fingerprint density at radius 3 is 2.76 bits per heavy atom. The molecule has 0 bridgehead atoms. The summed E-state index contributed by atoms with van der Waals surface area (Å²) in [7, 11) is 0. The van der Waals surface area contributed by atoms with Crippen LogP contribution in [0.3, 0.4) is 0 Å². The van der Waals surface area contributed by atoms with Crippen molar-refractivity contribution in [3.63, 3.8) is 0 Å². The van der Waals surface area contributed by atoms with E-state index in [0.29, 0.717) is 24.5 Å². The quantitative estimate of drug-likeness (QED) is 0.595. The van der Waals surface area contributed by atoms with E-state index in [0.717, 1.165) is 32.1 Å². The molecule has 6 heteroatoms. The van der Waals surface area contributed by atoms with Gasteiger partial charge in [0.05, 0.1) is 12.7 Å². The SMILES string of the molecule is CC(O)CNC(=O)c1cccc(OCCCNC(=O)C2CCCC2)c1. The number of aliphatic hydroxyl groups is 1. The highest BCUT2D eigenvalue weighted by Gasteiger charge is 2.21. The fourth-order valence-corrected chi connectivity index (χ4v) is 2.88. The van der Waals surface area contributed by atoms with Crippen molar-refractivity contribution in [1.82, 2.24) is 10.6 Å². The number of benzene rings is 1.